The molecule has 4 fully saturated rings. The van der Waals surface area contributed by atoms with Gasteiger partial charge in [0, 0.05) is 29.1 Å². The Morgan fingerprint density at radius 3 is 2.61 bits per heavy atom. The zero-order valence-electron chi connectivity index (χ0n) is 21.8. The van der Waals surface area contributed by atoms with Crippen LogP contribution in [0.4, 0.5) is 8.78 Å². The fraction of sp³-hybridized carbons (Fsp3) is 0.714. The average Bonchev–Trinajstić information content (AvgIpc) is 3.35. The van der Waals surface area contributed by atoms with E-state index >= 15 is 8.78 Å². The second-order valence-electron chi connectivity index (χ2n) is 11.9. The lowest BCUT2D eigenvalue weighted by atomic mass is 9.45. The summed E-state index contributed by atoms with van der Waals surface area (Å²) in [4.78, 5) is 51.2. The summed E-state index contributed by atoms with van der Waals surface area (Å²) in [5.74, 6) is -3.43. The molecule has 0 aromatic rings. The van der Waals surface area contributed by atoms with Crippen LogP contribution in [0.3, 0.4) is 0 Å². The molecule has 1 heterocycles. The van der Waals surface area contributed by atoms with Crippen molar-refractivity contribution in [1.82, 2.24) is 0 Å². The average molecular weight is 553 g/mol. The van der Waals surface area contributed by atoms with Crippen molar-refractivity contribution in [1.29, 1.82) is 0 Å². The number of esters is 2. The molecule has 0 spiro atoms. The Morgan fingerprint density at radius 1 is 1.21 bits per heavy atom. The van der Waals surface area contributed by atoms with E-state index in [1.165, 1.54) is 18.2 Å². The van der Waals surface area contributed by atoms with Gasteiger partial charge in [-0.1, -0.05) is 31.7 Å². The molecular weight excluding hydrogens is 518 g/mol. The maximum absolute atomic E-state index is 17.3. The maximum Gasteiger partial charge on any atom is 0.319 e. The number of ketones is 1. The van der Waals surface area contributed by atoms with Gasteiger partial charge in [0.05, 0.1) is 19.6 Å². The summed E-state index contributed by atoms with van der Waals surface area (Å²) in [5, 5.41) is 8.14. The van der Waals surface area contributed by atoms with E-state index in [0.717, 1.165) is 11.8 Å². The Kier molecular flexibility index (Phi) is 6.69. The van der Waals surface area contributed by atoms with Crippen LogP contribution < -0.4 is 0 Å². The molecule has 10 heteroatoms. The van der Waals surface area contributed by atoms with E-state index in [1.807, 2.05) is 6.92 Å². The fourth-order valence-corrected chi connectivity index (χ4v) is 9.51. The zero-order valence-corrected chi connectivity index (χ0v) is 22.7. The largest absolute Gasteiger partial charge is 0.465 e. The van der Waals surface area contributed by atoms with Gasteiger partial charge in [-0.2, -0.15) is 0 Å². The number of rotatable bonds is 5. The van der Waals surface area contributed by atoms with Crippen LogP contribution in [0.2, 0.25) is 0 Å². The number of thioether (sulfide) groups is 1. The van der Waals surface area contributed by atoms with Crippen LogP contribution in [0.15, 0.2) is 23.8 Å². The third-order valence-corrected chi connectivity index (χ3v) is 11.5. The summed E-state index contributed by atoms with van der Waals surface area (Å²) in [6, 6.07) is 0. The number of fused-ring (bicyclic) bond motifs is 5. The first-order valence-corrected chi connectivity index (χ1v) is 14.2. The predicted octanol–water partition coefficient (Wildman–Crippen LogP) is 3.82. The summed E-state index contributed by atoms with van der Waals surface area (Å²) in [5.41, 5.74) is -5.72. The molecule has 1 saturated heterocycles. The van der Waals surface area contributed by atoms with Crippen molar-refractivity contribution >= 4 is 34.6 Å². The van der Waals surface area contributed by atoms with E-state index in [0.29, 0.717) is 12.8 Å². The highest BCUT2D eigenvalue weighted by Gasteiger charge is 2.76. The van der Waals surface area contributed by atoms with Gasteiger partial charge in [0.1, 0.15) is 17.1 Å². The molecule has 1 aliphatic heterocycles. The number of carbonyl (C=O) groups is 4. The van der Waals surface area contributed by atoms with Crippen LogP contribution in [-0.4, -0.2) is 63.8 Å². The van der Waals surface area contributed by atoms with Gasteiger partial charge >= 0.3 is 11.9 Å². The molecule has 1 N–H and O–H groups in total. The Bertz CT molecular complexity index is 1140. The predicted molar refractivity (Wildman–Crippen MR) is 134 cm³/mol. The number of allylic oxidation sites excluding steroid dienone is 4. The van der Waals surface area contributed by atoms with Crippen molar-refractivity contribution in [3.63, 3.8) is 0 Å². The van der Waals surface area contributed by atoms with Crippen LogP contribution in [0.1, 0.15) is 59.3 Å². The summed E-state index contributed by atoms with van der Waals surface area (Å²) in [6.45, 7) is 4.98. The number of carbonyl (C=O) groups excluding carboxylic acids is 4. The second kappa shape index (κ2) is 9.25. The minimum absolute atomic E-state index is 0.0147. The van der Waals surface area contributed by atoms with Gasteiger partial charge in [0.2, 0.25) is 5.12 Å². The van der Waals surface area contributed by atoms with Gasteiger partial charge in [0.25, 0.3) is 0 Å². The lowest BCUT2D eigenvalue weighted by molar-refractivity contribution is -0.200. The molecule has 7 nitrogen and oxygen atoms in total. The highest BCUT2D eigenvalue weighted by atomic mass is 32.2. The molecule has 5 aliphatic rings. The van der Waals surface area contributed by atoms with Gasteiger partial charge in [-0.05, 0) is 56.3 Å². The quantitative estimate of drug-likeness (QED) is 0.513. The van der Waals surface area contributed by atoms with Crippen molar-refractivity contribution in [2.45, 2.75) is 82.0 Å². The molecule has 0 unspecified atom stereocenters. The maximum atomic E-state index is 17.3. The number of hydrogen-bond donors (Lipinski definition) is 1. The molecule has 208 valence electrons. The van der Waals surface area contributed by atoms with Crippen LogP contribution in [0.25, 0.3) is 0 Å². The first-order chi connectivity index (χ1) is 17.8. The van der Waals surface area contributed by atoms with Crippen LogP contribution in [0.5, 0.6) is 0 Å². The summed E-state index contributed by atoms with van der Waals surface area (Å²) >= 11 is 0.797. The third kappa shape index (κ3) is 3.61. The number of cyclic esters (lactones) is 1. The zero-order chi connectivity index (χ0) is 27.7. The fourth-order valence-electron chi connectivity index (χ4n) is 8.22. The first kappa shape index (κ1) is 27.5. The van der Waals surface area contributed by atoms with Crippen LogP contribution in [0, 0.1) is 28.6 Å². The lowest BCUT2D eigenvalue weighted by Gasteiger charge is -2.61. The number of halogens is 2. The van der Waals surface area contributed by atoms with E-state index in [1.54, 1.807) is 13.8 Å². The van der Waals surface area contributed by atoms with E-state index in [4.69, 9.17) is 9.47 Å². The topological polar surface area (TPSA) is 107 Å². The van der Waals surface area contributed by atoms with Crippen molar-refractivity contribution in [3.05, 3.63) is 23.8 Å². The lowest BCUT2D eigenvalue weighted by Crippen LogP contribution is -2.65. The van der Waals surface area contributed by atoms with Crippen molar-refractivity contribution in [3.8, 4) is 0 Å². The Morgan fingerprint density at radius 2 is 1.95 bits per heavy atom. The summed E-state index contributed by atoms with van der Waals surface area (Å²) < 4.78 is 44.0. The van der Waals surface area contributed by atoms with Crippen molar-refractivity contribution in [2.75, 3.05) is 13.2 Å². The van der Waals surface area contributed by atoms with Gasteiger partial charge in [0.15, 0.2) is 11.4 Å². The minimum Gasteiger partial charge on any atom is -0.465 e. The van der Waals surface area contributed by atoms with Crippen LogP contribution >= 0.6 is 11.8 Å². The smallest absolute Gasteiger partial charge is 0.319 e. The SMILES string of the molecule is C[C@@H]1C[C@H]2[C@@H]3C[C@H](F)C4=CC(=O)C=C[C@]4(C)[C@@]3(F)CC[C@]2(C)[C@@]1(OC(=O)CCO)C(=O)S[C@H]1CCOC1=O. The number of hydrogen-bond acceptors (Lipinski definition) is 8. The molecule has 0 bridgehead atoms. The molecule has 38 heavy (non-hydrogen) atoms. The molecule has 3 saturated carbocycles. The Hall–Kier alpha value is -2.07. The van der Waals surface area contributed by atoms with E-state index in [9.17, 15) is 24.3 Å². The van der Waals surface area contributed by atoms with Gasteiger partial charge < -0.3 is 14.6 Å². The molecule has 0 aromatic carbocycles. The monoisotopic (exact) mass is 552 g/mol. The number of alkyl halides is 2. The number of aliphatic hydroxyl groups excluding tert-OH is 1. The minimum atomic E-state index is -1.86. The van der Waals surface area contributed by atoms with Crippen molar-refractivity contribution in [2.24, 2.45) is 28.6 Å². The highest BCUT2D eigenvalue weighted by molar-refractivity contribution is 8.14. The highest BCUT2D eigenvalue weighted by Crippen LogP contribution is 2.72. The molecule has 0 radical (unpaired) electrons. The first-order valence-electron chi connectivity index (χ1n) is 13.3. The standard InChI is InChI=1S/C28H34F2O7S/c1-15-12-17-18-14-20(29)19-13-16(32)4-7-25(19,2)27(18,30)9-8-26(17,3)28(15,37-22(33)5-10-31)24(35)38-21-6-11-36-23(21)34/h4,7,13,15,17-18,20-21,31H,5-6,8-12,14H2,1-3H3/t15-,17+,18+,20+,21+,25+,26+,27-,28+/m1/s1. The molecular formula is C28H34F2O7S. The molecule has 0 aromatic heterocycles. The Balaban J connectivity index is 1.57. The normalized spacial score (nSPS) is 45.5. The molecule has 5 rings (SSSR count). The summed E-state index contributed by atoms with van der Waals surface area (Å²) in [7, 11) is 0. The van der Waals surface area contributed by atoms with E-state index < -0.39 is 74.9 Å². The summed E-state index contributed by atoms with van der Waals surface area (Å²) in [6.07, 6.45) is 2.88. The second-order valence-corrected chi connectivity index (χ2v) is 13.1. The number of aliphatic hydroxyl groups is 1. The molecule has 0 amide bonds. The molecule has 4 aliphatic carbocycles. The molecule has 9 atom stereocenters. The van der Waals surface area contributed by atoms with E-state index in [2.05, 4.69) is 0 Å². The van der Waals surface area contributed by atoms with E-state index in [-0.39, 0.29) is 43.6 Å². The Labute approximate surface area is 224 Å². The van der Waals surface area contributed by atoms with Crippen molar-refractivity contribution < 1.29 is 42.5 Å². The van der Waals surface area contributed by atoms with Gasteiger partial charge in [-0.3, -0.25) is 19.2 Å². The third-order valence-electron chi connectivity index (χ3n) is 10.2. The van der Waals surface area contributed by atoms with Crippen LogP contribution in [-0.2, 0) is 28.7 Å². The van der Waals surface area contributed by atoms with Gasteiger partial charge in [-0.15, -0.1) is 0 Å². The van der Waals surface area contributed by atoms with Gasteiger partial charge in [-0.25, -0.2) is 8.78 Å². The number of ether oxygens (including phenoxy) is 2.